The molecular weight excluding hydrogens is 336 g/mol. The van der Waals surface area contributed by atoms with Crippen molar-refractivity contribution in [1.29, 1.82) is 0 Å². The van der Waals surface area contributed by atoms with Crippen LogP contribution in [0.1, 0.15) is 29.4 Å². The molecule has 1 amide bonds. The molecule has 1 atom stereocenters. The van der Waals surface area contributed by atoms with Crippen molar-refractivity contribution in [3.63, 3.8) is 0 Å². The summed E-state index contributed by atoms with van der Waals surface area (Å²) >= 11 is 0. The van der Waals surface area contributed by atoms with Crippen molar-refractivity contribution in [3.8, 4) is 0 Å². The highest BCUT2D eigenvalue weighted by molar-refractivity contribution is 5.77. The maximum absolute atomic E-state index is 13.2. The molecule has 3 aromatic rings. The van der Waals surface area contributed by atoms with Crippen LogP contribution in [0.3, 0.4) is 0 Å². The van der Waals surface area contributed by atoms with Crippen LogP contribution >= 0.6 is 0 Å². The van der Waals surface area contributed by atoms with Gasteiger partial charge in [-0.25, -0.2) is 13.8 Å². The molecule has 3 rings (SSSR count). The second-order valence-corrected chi connectivity index (χ2v) is 6.08. The van der Waals surface area contributed by atoms with E-state index >= 15 is 0 Å². The number of benzene rings is 2. The average Bonchev–Trinajstić information content (AvgIpc) is 3.05. The van der Waals surface area contributed by atoms with Gasteiger partial charge in [0.15, 0.2) is 0 Å². The quantitative estimate of drug-likeness (QED) is 0.735. The van der Waals surface area contributed by atoms with Gasteiger partial charge in [0.1, 0.15) is 23.5 Å². The summed E-state index contributed by atoms with van der Waals surface area (Å²) in [5.41, 5.74) is 1.50. The van der Waals surface area contributed by atoms with E-state index in [0.29, 0.717) is 12.2 Å². The van der Waals surface area contributed by atoms with Crippen LogP contribution in [-0.2, 0) is 18.3 Å². The van der Waals surface area contributed by atoms with E-state index in [1.807, 2.05) is 7.05 Å². The second-order valence-electron chi connectivity index (χ2n) is 6.08. The number of aromatic nitrogens is 2. The SMILES string of the molecule is Cn1ccnc1C(NC(=O)CCc1cccc(F)c1)c1ccc(F)cc1. The molecule has 2 aromatic carbocycles. The van der Waals surface area contributed by atoms with Crippen LogP contribution in [-0.4, -0.2) is 15.5 Å². The first kappa shape index (κ1) is 17.8. The molecule has 1 aromatic heterocycles. The lowest BCUT2D eigenvalue weighted by atomic mass is 10.0. The molecule has 0 aliphatic heterocycles. The average molecular weight is 355 g/mol. The Labute approximate surface area is 150 Å². The van der Waals surface area contributed by atoms with Crippen molar-refractivity contribution in [3.05, 3.63) is 89.5 Å². The lowest BCUT2D eigenvalue weighted by Gasteiger charge is -2.19. The largest absolute Gasteiger partial charge is 0.342 e. The van der Waals surface area contributed by atoms with Crippen LogP contribution in [0.4, 0.5) is 8.78 Å². The molecule has 4 nitrogen and oxygen atoms in total. The molecule has 1 heterocycles. The van der Waals surface area contributed by atoms with Gasteiger partial charge in [-0.05, 0) is 41.8 Å². The van der Waals surface area contributed by atoms with Crippen molar-refractivity contribution in [2.45, 2.75) is 18.9 Å². The van der Waals surface area contributed by atoms with Crippen molar-refractivity contribution in [2.24, 2.45) is 7.05 Å². The van der Waals surface area contributed by atoms with E-state index in [1.165, 1.54) is 24.3 Å². The molecule has 0 spiro atoms. The van der Waals surface area contributed by atoms with Crippen LogP contribution in [0, 0.1) is 11.6 Å². The summed E-state index contributed by atoms with van der Waals surface area (Å²) in [5, 5.41) is 2.94. The number of carbonyl (C=O) groups is 1. The fraction of sp³-hybridized carbons (Fsp3) is 0.200. The first-order valence-electron chi connectivity index (χ1n) is 8.29. The number of imidazole rings is 1. The Kier molecular flexibility index (Phi) is 5.41. The van der Waals surface area contributed by atoms with Gasteiger partial charge in [0.2, 0.25) is 5.91 Å². The first-order chi connectivity index (χ1) is 12.5. The minimum Gasteiger partial charge on any atom is -0.342 e. The molecule has 0 radical (unpaired) electrons. The van der Waals surface area contributed by atoms with Gasteiger partial charge in [-0.15, -0.1) is 0 Å². The summed E-state index contributed by atoms with van der Waals surface area (Å²) in [6.07, 6.45) is 4.07. The topological polar surface area (TPSA) is 46.9 Å². The maximum Gasteiger partial charge on any atom is 0.221 e. The van der Waals surface area contributed by atoms with E-state index in [4.69, 9.17) is 0 Å². The Morgan fingerprint density at radius 1 is 1.15 bits per heavy atom. The number of amides is 1. The summed E-state index contributed by atoms with van der Waals surface area (Å²) < 4.78 is 28.3. The molecule has 1 N–H and O–H groups in total. The highest BCUT2D eigenvalue weighted by Crippen LogP contribution is 2.21. The Morgan fingerprint density at radius 2 is 1.92 bits per heavy atom. The standard InChI is InChI=1S/C20H19F2N3O/c1-25-12-11-23-20(25)19(15-6-8-16(21)9-7-15)24-18(26)10-5-14-3-2-4-17(22)13-14/h2-4,6-9,11-13,19H,5,10H2,1H3,(H,24,26). The first-order valence-corrected chi connectivity index (χ1v) is 8.29. The summed E-state index contributed by atoms with van der Waals surface area (Å²) in [6.45, 7) is 0. The summed E-state index contributed by atoms with van der Waals surface area (Å²) in [6, 6.07) is 11.7. The van der Waals surface area contributed by atoms with Crippen molar-refractivity contribution >= 4 is 5.91 Å². The smallest absolute Gasteiger partial charge is 0.221 e. The molecular formula is C20H19F2N3O. The number of halogens is 2. The van der Waals surface area contributed by atoms with Crippen LogP contribution in [0.15, 0.2) is 60.9 Å². The Balaban J connectivity index is 1.74. The third-order valence-electron chi connectivity index (χ3n) is 4.16. The van der Waals surface area contributed by atoms with Gasteiger partial charge in [-0.3, -0.25) is 4.79 Å². The lowest BCUT2D eigenvalue weighted by Crippen LogP contribution is -2.31. The zero-order valence-electron chi connectivity index (χ0n) is 14.3. The van der Waals surface area contributed by atoms with Gasteiger partial charge >= 0.3 is 0 Å². The minimum atomic E-state index is -0.490. The lowest BCUT2D eigenvalue weighted by molar-refractivity contribution is -0.121. The molecule has 0 aliphatic rings. The van der Waals surface area contributed by atoms with E-state index < -0.39 is 6.04 Å². The fourth-order valence-corrected chi connectivity index (χ4v) is 2.79. The number of carbonyl (C=O) groups excluding carboxylic acids is 1. The third kappa shape index (κ3) is 4.33. The molecule has 134 valence electrons. The van der Waals surface area contributed by atoms with Gasteiger partial charge in [0.05, 0.1) is 0 Å². The van der Waals surface area contributed by atoms with Gasteiger partial charge in [0, 0.05) is 25.9 Å². The summed E-state index contributed by atoms with van der Waals surface area (Å²) in [7, 11) is 1.83. The second kappa shape index (κ2) is 7.91. The third-order valence-corrected chi connectivity index (χ3v) is 4.16. The fourth-order valence-electron chi connectivity index (χ4n) is 2.79. The predicted octanol–water partition coefficient (Wildman–Crippen LogP) is 3.54. The zero-order chi connectivity index (χ0) is 18.5. The van der Waals surface area contributed by atoms with E-state index in [0.717, 1.165) is 11.1 Å². The van der Waals surface area contributed by atoms with E-state index in [2.05, 4.69) is 10.3 Å². The Bertz CT molecular complexity index is 890. The molecule has 0 bridgehead atoms. The number of nitrogens with zero attached hydrogens (tertiary/aromatic N) is 2. The van der Waals surface area contributed by atoms with Crippen LogP contribution in [0.2, 0.25) is 0 Å². The molecule has 6 heteroatoms. The normalized spacial score (nSPS) is 12.0. The summed E-state index contributed by atoms with van der Waals surface area (Å²) in [5.74, 6) is -0.202. The van der Waals surface area contributed by atoms with Crippen molar-refractivity contribution in [1.82, 2.24) is 14.9 Å². The predicted molar refractivity (Wildman–Crippen MR) is 94.3 cm³/mol. The van der Waals surface area contributed by atoms with Crippen molar-refractivity contribution in [2.75, 3.05) is 0 Å². The minimum absolute atomic E-state index is 0.188. The van der Waals surface area contributed by atoms with Gasteiger partial charge in [0.25, 0.3) is 0 Å². The molecule has 1 unspecified atom stereocenters. The van der Waals surface area contributed by atoms with Gasteiger partial charge in [-0.1, -0.05) is 24.3 Å². The number of hydrogen-bond acceptors (Lipinski definition) is 2. The monoisotopic (exact) mass is 355 g/mol. The molecule has 0 fully saturated rings. The van der Waals surface area contributed by atoms with Crippen LogP contribution < -0.4 is 5.32 Å². The number of hydrogen-bond donors (Lipinski definition) is 1. The Morgan fingerprint density at radius 3 is 2.58 bits per heavy atom. The van der Waals surface area contributed by atoms with E-state index in [9.17, 15) is 13.6 Å². The molecule has 26 heavy (non-hydrogen) atoms. The highest BCUT2D eigenvalue weighted by atomic mass is 19.1. The van der Waals surface area contributed by atoms with Gasteiger partial charge in [-0.2, -0.15) is 0 Å². The van der Waals surface area contributed by atoms with E-state index in [-0.39, 0.29) is 24.0 Å². The maximum atomic E-state index is 13.2. The van der Waals surface area contributed by atoms with Crippen LogP contribution in [0.25, 0.3) is 0 Å². The number of aryl methyl sites for hydroxylation is 2. The number of nitrogens with one attached hydrogen (secondary N) is 1. The van der Waals surface area contributed by atoms with Crippen LogP contribution in [0.5, 0.6) is 0 Å². The molecule has 0 saturated heterocycles. The zero-order valence-corrected chi connectivity index (χ0v) is 14.3. The highest BCUT2D eigenvalue weighted by Gasteiger charge is 2.20. The van der Waals surface area contributed by atoms with E-state index in [1.54, 1.807) is 41.2 Å². The number of rotatable bonds is 6. The van der Waals surface area contributed by atoms with Gasteiger partial charge < -0.3 is 9.88 Å². The molecule has 0 saturated carbocycles. The van der Waals surface area contributed by atoms with Crippen molar-refractivity contribution < 1.29 is 13.6 Å². The Hall–Kier alpha value is -3.02. The summed E-state index contributed by atoms with van der Waals surface area (Å²) in [4.78, 5) is 16.7. The molecule has 0 aliphatic carbocycles.